The second kappa shape index (κ2) is 8.21. The number of amides is 1. The Morgan fingerprint density at radius 3 is 2.62 bits per heavy atom. The van der Waals surface area contributed by atoms with Crippen LogP contribution in [0, 0.1) is 0 Å². The highest BCUT2D eigenvalue weighted by Gasteiger charge is 2.35. The molecule has 0 radical (unpaired) electrons. The van der Waals surface area contributed by atoms with Crippen LogP contribution in [0.5, 0.6) is 0 Å². The molecule has 0 spiro atoms. The van der Waals surface area contributed by atoms with Crippen molar-refractivity contribution in [3.63, 3.8) is 0 Å². The van der Waals surface area contributed by atoms with Crippen molar-refractivity contribution in [3.05, 3.63) is 45.7 Å². The molecule has 1 aliphatic heterocycles. The lowest BCUT2D eigenvalue weighted by Crippen LogP contribution is -2.42. The molecule has 26 heavy (non-hydrogen) atoms. The molecule has 1 aromatic heterocycles. The Bertz CT molecular complexity index is 877. The first kappa shape index (κ1) is 19.5. The van der Waals surface area contributed by atoms with Crippen LogP contribution in [0.2, 0.25) is 0 Å². The molecular weight excluding hydrogens is 438 g/mol. The molecule has 1 aromatic carbocycles. The normalized spacial score (nSPS) is 18.8. The summed E-state index contributed by atoms with van der Waals surface area (Å²) in [7, 11) is -1.48. The summed E-state index contributed by atoms with van der Waals surface area (Å²) in [6.45, 7) is 0.772. The minimum Gasteiger partial charge on any atom is -0.383 e. The number of sulfone groups is 1. The van der Waals surface area contributed by atoms with Gasteiger partial charge in [-0.25, -0.2) is 8.42 Å². The van der Waals surface area contributed by atoms with Crippen LogP contribution in [0.25, 0.3) is 10.4 Å². The molecule has 140 valence electrons. The fraction of sp³-hybridized carbons (Fsp3) is 0.389. The van der Waals surface area contributed by atoms with Crippen molar-refractivity contribution in [2.75, 3.05) is 31.8 Å². The molecule has 1 amide bonds. The number of thiophene rings is 1. The Kier molecular flexibility index (Phi) is 6.17. The van der Waals surface area contributed by atoms with E-state index in [1.165, 1.54) is 11.3 Å². The summed E-state index contributed by atoms with van der Waals surface area (Å²) in [5, 5.41) is 0. The number of hydrogen-bond donors (Lipinski definition) is 0. The third-order valence-corrected chi connectivity index (χ3v) is 7.79. The molecule has 0 aliphatic carbocycles. The maximum atomic E-state index is 13.0. The Balaban J connectivity index is 1.81. The van der Waals surface area contributed by atoms with Gasteiger partial charge in [0.25, 0.3) is 5.91 Å². The van der Waals surface area contributed by atoms with Crippen LogP contribution in [0.1, 0.15) is 16.1 Å². The van der Waals surface area contributed by atoms with Crippen LogP contribution in [0.3, 0.4) is 0 Å². The Morgan fingerprint density at radius 2 is 2.00 bits per heavy atom. The second-order valence-corrected chi connectivity index (χ2v) is 10.4. The standard InChI is InChI=1S/C18H20BrNO4S2/c1-24-10-9-20(15-8-11-26(22,23)12-15)18(21)17-7-6-16(25-17)13-2-4-14(19)5-3-13/h2-7,15H,8-12H2,1H3. The first-order valence-corrected chi connectivity index (χ1v) is 11.7. The third-order valence-electron chi connectivity index (χ3n) is 4.39. The van der Waals surface area contributed by atoms with E-state index in [4.69, 9.17) is 4.74 Å². The zero-order valence-corrected chi connectivity index (χ0v) is 17.6. The molecule has 1 aliphatic rings. The van der Waals surface area contributed by atoms with E-state index in [2.05, 4.69) is 15.9 Å². The van der Waals surface area contributed by atoms with Crippen molar-refractivity contribution in [1.29, 1.82) is 0 Å². The van der Waals surface area contributed by atoms with E-state index in [-0.39, 0.29) is 23.5 Å². The molecule has 2 aromatic rings. The van der Waals surface area contributed by atoms with Gasteiger partial charge in [0, 0.05) is 29.0 Å². The van der Waals surface area contributed by atoms with E-state index in [1.807, 2.05) is 36.4 Å². The molecule has 0 bridgehead atoms. The van der Waals surface area contributed by atoms with E-state index in [0.29, 0.717) is 24.4 Å². The zero-order chi connectivity index (χ0) is 18.7. The van der Waals surface area contributed by atoms with Gasteiger partial charge in [-0.3, -0.25) is 4.79 Å². The first-order valence-electron chi connectivity index (χ1n) is 8.26. The van der Waals surface area contributed by atoms with Crippen molar-refractivity contribution >= 4 is 43.0 Å². The fourth-order valence-electron chi connectivity index (χ4n) is 3.02. The number of nitrogens with zero attached hydrogens (tertiary/aromatic N) is 1. The maximum absolute atomic E-state index is 13.0. The van der Waals surface area contributed by atoms with Crippen LogP contribution in [0.15, 0.2) is 40.9 Å². The van der Waals surface area contributed by atoms with E-state index in [1.54, 1.807) is 12.0 Å². The Labute approximate surface area is 166 Å². The second-order valence-electron chi connectivity index (χ2n) is 6.22. The molecule has 1 saturated heterocycles. The van der Waals surface area contributed by atoms with Crippen LogP contribution in [-0.2, 0) is 14.6 Å². The smallest absolute Gasteiger partial charge is 0.264 e. The van der Waals surface area contributed by atoms with Crippen LogP contribution < -0.4 is 0 Å². The summed E-state index contributed by atoms with van der Waals surface area (Å²) in [5.41, 5.74) is 1.05. The largest absolute Gasteiger partial charge is 0.383 e. The molecular formula is C18H20BrNO4S2. The van der Waals surface area contributed by atoms with Gasteiger partial charge in [0.1, 0.15) is 0 Å². The average Bonchev–Trinajstić information content (AvgIpc) is 3.23. The lowest BCUT2D eigenvalue weighted by Gasteiger charge is -2.27. The van der Waals surface area contributed by atoms with Crippen molar-refractivity contribution in [2.45, 2.75) is 12.5 Å². The predicted octanol–water partition coefficient (Wildman–Crippen LogP) is 3.45. The third kappa shape index (κ3) is 4.54. The molecule has 8 heteroatoms. The summed E-state index contributed by atoms with van der Waals surface area (Å²) >= 11 is 4.84. The topological polar surface area (TPSA) is 63.7 Å². The monoisotopic (exact) mass is 457 g/mol. The summed E-state index contributed by atoms with van der Waals surface area (Å²) in [4.78, 5) is 16.3. The highest BCUT2D eigenvalue weighted by atomic mass is 79.9. The van der Waals surface area contributed by atoms with Crippen LogP contribution in [-0.4, -0.2) is 57.0 Å². The van der Waals surface area contributed by atoms with Gasteiger partial charge in [-0.05, 0) is 36.2 Å². The van der Waals surface area contributed by atoms with Gasteiger partial charge in [0.2, 0.25) is 0 Å². The number of carbonyl (C=O) groups excluding carboxylic acids is 1. The van der Waals surface area contributed by atoms with E-state index < -0.39 is 9.84 Å². The summed E-state index contributed by atoms with van der Waals surface area (Å²) in [5.74, 6) is 0.0497. The lowest BCUT2D eigenvalue weighted by atomic mass is 10.2. The van der Waals surface area contributed by atoms with Crippen molar-refractivity contribution < 1.29 is 17.9 Å². The van der Waals surface area contributed by atoms with E-state index >= 15 is 0 Å². The van der Waals surface area contributed by atoms with Crippen LogP contribution >= 0.6 is 27.3 Å². The molecule has 0 saturated carbocycles. The van der Waals surface area contributed by atoms with Gasteiger partial charge in [-0.1, -0.05) is 28.1 Å². The Morgan fingerprint density at radius 1 is 1.27 bits per heavy atom. The first-order chi connectivity index (χ1) is 12.4. The van der Waals surface area contributed by atoms with Crippen molar-refractivity contribution in [2.24, 2.45) is 0 Å². The number of halogens is 1. The Hall–Kier alpha value is -1.22. The molecule has 1 fully saturated rings. The lowest BCUT2D eigenvalue weighted by molar-refractivity contribution is 0.0629. The summed E-state index contributed by atoms with van der Waals surface area (Å²) < 4.78 is 29.8. The predicted molar refractivity (Wildman–Crippen MR) is 107 cm³/mol. The van der Waals surface area contributed by atoms with Gasteiger partial charge < -0.3 is 9.64 Å². The van der Waals surface area contributed by atoms with E-state index in [9.17, 15) is 13.2 Å². The number of carbonyl (C=O) groups is 1. The number of hydrogen-bond acceptors (Lipinski definition) is 5. The highest BCUT2D eigenvalue weighted by molar-refractivity contribution is 9.10. The van der Waals surface area contributed by atoms with Gasteiger partial charge in [-0.2, -0.15) is 0 Å². The minimum absolute atomic E-state index is 0.0351. The van der Waals surface area contributed by atoms with E-state index in [0.717, 1.165) is 14.9 Å². The number of ether oxygens (including phenoxy) is 1. The zero-order valence-electron chi connectivity index (χ0n) is 14.4. The molecule has 1 unspecified atom stereocenters. The summed E-state index contributed by atoms with van der Waals surface area (Å²) in [6.07, 6.45) is 0.489. The number of benzene rings is 1. The molecule has 0 N–H and O–H groups in total. The van der Waals surface area contributed by atoms with Crippen molar-refractivity contribution in [1.82, 2.24) is 4.90 Å². The minimum atomic E-state index is -3.06. The average molecular weight is 458 g/mol. The molecule has 2 heterocycles. The molecule has 5 nitrogen and oxygen atoms in total. The number of methoxy groups -OCH3 is 1. The molecule has 3 rings (SSSR count). The van der Waals surface area contributed by atoms with Gasteiger partial charge in [0.15, 0.2) is 9.84 Å². The fourth-order valence-corrected chi connectivity index (χ4v) is 5.99. The maximum Gasteiger partial charge on any atom is 0.264 e. The highest BCUT2D eigenvalue weighted by Crippen LogP contribution is 2.31. The molecule has 1 atom stereocenters. The quantitative estimate of drug-likeness (QED) is 0.665. The summed E-state index contributed by atoms with van der Waals surface area (Å²) in [6, 6.07) is 11.4. The van der Waals surface area contributed by atoms with Crippen molar-refractivity contribution in [3.8, 4) is 10.4 Å². The number of rotatable bonds is 6. The SMILES string of the molecule is COCCN(C(=O)c1ccc(-c2ccc(Br)cc2)s1)C1CCS(=O)(=O)C1. The van der Waals surface area contributed by atoms with Gasteiger partial charge in [0.05, 0.1) is 23.0 Å². The van der Waals surface area contributed by atoms with Gasteiger partial charge >= 0.3 is 0 Å². The van der Waals surface area contributed by atoms with Gasteiger partial charge in [-0.15, -0.1) is 11.3 Å². The van der Waals surface area contributed by atoms with Crippen LogP contribution in [0.4, 0.5) is 0 Å².